The number of benzene rings is 2. The van der Waals surface area contributed by atoms with Gasteiger partial charge in [0.05, 0.1) is 5.56 Å². The largest absolute Gasteiger partial charge is 0.419 e. The number of amides is 1. The Labute approximate surface area is 128 Å². The van der Waals surface area contributed by atoms with Gasteiger partial charge in [-0.2, -0.15) is 13.2 Å². The highest BCUT2D eigenvalue weighted by Crippen LogP contribution is 2.32. The van der Waals surface area contributed by atoms with Gasteiger partial charge in [0.15, 0.2) is 0 Å². The smallest absolute Gasteiger partial charge is 0.322 e. The van der Waals surface area contributed by atoms with E-state index >= 15 is 0 Å². The van der Waals surface area contributed by atoms with Crippen LogP contribution in [0.2, 0.25) is 5.02 Å². The van der Waals surface area contributed by atoms with E-state index in [1.807, 2.05) is 0 Å². The van der Waals surface area contributed by atoms with E-state index in [0.717, 1.165) is 6.07 Å². The molecule has 2 aromatic rings. The van der Waals surface area contributed by atoms with E-state index in [0.29, 0.717) is 28.4 Å². The zero-order valence-corrected chi connectivity index (χ0v) is 12.0. The molecule has 0 saturated carbocycles. The number of carbonyl (C=O) groups is 1. The Hall–Kier alpha value is -2.08. The summed E-state index contributed by atoms with van der Waals surface area (Å²) in [7, 11) is 0. The SMILES string of the molecule is Cc1c(Cl)cccc1NC(=O)c1ccc(F)c(C(F)(F)F)c1. The van der Waals surface area contributed by atoms with E-state index in [1.54, 1.807) is 25.1 Å². The van der Waals surface area contributed by atoms with Crippen LogP contribution in [-0.4, -0.2) is 5.91 Å². The van der Waals surface area contributed by atoms with Gasteiger partial charge in [-0.3, -0.25) is 4.79 Å². The third kappa shape index (κ3) is 3.39. The number of hydrogen-bond acceptors (Lipinski definition) is 1. The monoisotopic (exact) mass is 331 g/mol. The van der Waals surface area contributed by atoms with Crippen LogP contribution in [0.1, 0.15) is 21.5 Å². The summed E-state index contributed by atoms with van der Waals surface area (Å²) in [5.41, 5.74) is -0.831. The number of hydrogen-bond donors (Lipinski definition) is 1. The van der Waals surface area contributed by atoms with Crippen LogP contribution in [0.4, 0.5) is 23.2 Å². The highest BCUT2D eigenvalue weighted by Gasteiger charge is 2.34. The van der Waals surface area contributed by atoms with Crippen LogP contribution >= 0.6 is 11.6 Å². The lowest BCUT2D eigenvalue weighted by Gasteiger charge is -2.12. The summed E-state index contributed by atoms with van der Waals surface area (Å²) in [4.78, 5) is 12.0. The highest BCUT2D eigenvalue weighted by molar-refractivity contribution is 6.31. The molecule has 0 radical (unpaired) electrons. The van der Waals surface area contributed by atoms with Crippen molar-refractivity contribution in [2.75, 3.05) is 5.32 Å². The lowest BCUT2D eigenvalue weighted by atomic mass is 10.1. The van der Waals surface area contributed by atoms with E-state index in [1.165, 1.54) is 0 Å². The molecule has 1 amide bonds. The minimum absolute atomic E-state index is 0.298. The van der Waals surface area contributed by atoms with Gasteiger partial charge in [0.1, 0.15) is 5.82 Å². The number of halogens is 5. The van der Waals surface area contributed by atoms with Gasteiger partial charge in [-0.05, 0) is 42.8 Å². The Morgan fingerprint density at radius 2 is 1.86 bits per heavy atom. The van der Waals surface area contributed by atoms with Gasteiger partial charge in [-0.1, -0.05) is 17.7 Å². The minimum Gasteiger partial charge on any atom is -0.322 e. The predicted octanol–water partition coefficient (Wildman–Crippen LogP) is 5.06. The van der Waals surface area contributed by atoms with Gasteiger partial charge in [-0.25, -0.2) is 4.39 Å². The normalized spacial score (nSPS) is 11.4. The number of carbonyl (C=O) groups excluding carboxylic acids is 1. The molecule has 0 fully saturated rings. The Bertz CT molecular complexity index is 728. The van der Waals surface area contributed by atoms with E-state index in [9.17, 15) is 22.4 Å². The predicted molar refractivity (Wildman–Crippen MR) is 75.5 cm³/mol. The number of rotatable bonds is 2. The van der Waals surface area contributed by atoms with Crippen molar-refractivity contribution >= 4 is 23.2 Å². The molecule has 2 nitrogen and oxygen atoms in total. The van der Waals surface area contributed by atoms with Crippen LogP contribution in [0.25, 0.3) is 0 Å². The summed E-state index contributed by atoms with van der Waals surface area (Å²) in [6.07, 6.45) is -4.87. The van der Waals surface area contributed by atoms with Gasteiger partial charge in [0.25, 0.3) is 5.91 Å². The van der Waals surface area contributed by atoms with Crippen molar-refractivity contribution in [3.8, 4) is 0 Å². The Morgan fingerprint density at radius 1 is 1.18 bits per heavy atom. The van der Waals surface area contributed by atoms with Crippen molar-refractivity contribution in [1.29, 1.82) is 0 Å². The molecular formula is C15H10ClF4NO. The van der Waals surface area contributed by atoms with Crippen molar-refractivity contribution in [3.05, 3.63) is 63.9 Å². The molecule has 2 aromatic carbocycles. The molecule has 0 spiro atoms. The average molecular weight is 332 g/mol. The molecule has 0 aliphatic rings. The first-order valence-electron chi connectivity index (χ1n) is 6.13. The molecule has 0 bridgehead atoms. The summed E-state index contributed by atoms with van der Waals surface area (Å²) in [5, 5.41) is 2.86. The van der Waals surface area contributed by atoms with E-state index in [4.69, 9.17) is 11.6 Å². The summed E-state index contributed by atoms with van der Waals surface area (Å²) in [6.45, 7) is 1.66. The third-order valence-electron chi connectivity index (χ3n) is 3.05. The van der Waals surface area contributed by atoms with Crippen LogP contribution in [0.5, 0.6) is 0 Å². The van der Waals surface area contributed by atoms with Gasteiger partial charge >= 0.3 is 6.18 Å². The molecular weight excluding hydrogens is 322 g/mol. The second kappa shape index (κ2) is 5.96. The fourth-order valence-corrected chi connectivity index (χ4v) is 2.00. The van der Waals surface area contributed by atoms with Gasteiger partial charge in [0.2, 0.25) is 0 Å². The van der Waals surface area contributed by atoms with Crippen molar-refractivity contribution in [2.24, 2.45) is 0 Å². The van der Waals surface area contributed by atoms with Crippen LogP contribution in [0.15, 0.2) is 36.4 Å². The summed E-state index contributed by atoms with van der Waals surface area (Å²) in [6, 6.07) is 6.85. The molecule has 2 rings (SSSR count). The zero-order valence-electron chi connectivity index (χ0n) is 11.3. The van der Waals surface area contributed by atoms with Gasteiger partial charge in [0, 0.05) is 16.3 Å². The maximum Gasteiger partial charge on any atom is 0.419 e. The molecule has 0 aliphatic heterocycles. The Balaban J connectivity index is 2.33. The Kier molecular flexibility index (Phi) is 4.42. The maximum atomic E-state index is 13.2. The second-order valence-electron chi connectivity index (χ2n) is 4.56. The maximum absolute atomic E-state index is 13.2. The molecule has 0 unspecified atom stereocenters. The third-order valence-corrected chi connectivity index (χ3v) is 3.46. The van der Waals surface area contributed by atoms with Crippen LogP contribution in [-0.2, 0) is 6.18 Å². The quantitative estimate of drug-likeness (QED) is 0.766. The first kappa shape index (κ1) is 16.3. The van der Waals surface area contributed by atoms with E-state index in [2.05, 4.69) is 5.32 Å². The molecule has 116 valence electrons. The standard InChI is InChI=1S/C15H10ClF4NO/c1-8-11(16)3-2-4-13(8)21-14(22)9-5-6-12(17)10(7-9)15(18,19)20/h2-7H,1H3,(H,21,22). The zero-order chi connectivity index (χ0) is 16.5. The van der Waals surface area contributed by atoms with E-state index in [-0.39, 0.29) is 5.56 Å². The van der Waals surface area contributed by atoms with Crippen LogP contribution in [0.3, 0.4) is 0 Å². The van der Waals surface area contributed by atoms with Crippen molar-refractivity contribution in [1.82, 2.24) is 0 Å². The molecule has 0 atom stereocenters. The highest BCUT2D eigenvalue weighted by atomic mass is 35.5. The first-order valence-corrected chi connectivity index (χ1v) is 6.51. The number of alkyl halides is 3. The lowest BCUT2D eigenvalue weighted by Crippen LogP contribution is -2.15. The summed E-state index contributed by atoms with van der Waals surface area (Å²) >= 11 is 5.90. The second-order valence-corrected chi connectivity index (χ2v) is 4.97. The summed E-state index contributed by atoms with van der Waals surface area (Å²) in [5.74, 6) is -2.21. The van der Waals surface area contributed by atoms with Gasteiger partial charge in [-0.15, -0.1) is 0 Å². The molecule has 0 saturated heterocycles. The molecule has 0 aromatic heterocycles. The fourth-order valence-electron chi connectivity index (χ4n) is 1.82. The molecule has 0 heterocycles. The van der Waals surface area contributed by atoms with Crippen molar-refractivity contribution in [2.45, 2.75) is 13.1 Å². The lowest BCUT2D eigenvalue weighted by molar-refractivity contribution is -0.140. The van der Waals surface area contributed by atoms with Gasteiger partial charge < -0.3 is 5.32 Å². The van der Waals surface area contributed by atoms with Crippen LogP contribution in [0, 0.1) is 12.7 Å². The minimum atomic E-state index is -4.87. The van der Waals surface area contributed by atoms with Crippen LogP contribution < -0.4 is 5.32 Å². The number of anilines is 1. The molecule has 0 aliphatic carbocycles. The van der Waals surface area contributed by atoms with E-state index < -0.39 is 23.5 Å². The average Bonchev–Trinajstić information content (AvgIpc) is 2.43. The molecule has 7 heteroatoms. The Morgan fingerprint density at radius 3 is 2.50 bits per heavy atom. The fraction of sp³-hybridized carbons (Fsp3) is 0.133. The van der Waals surface area contributed by atoms with Crippen molar-refractivity contribution < 1.29 is 22.4 Å². The topological polar surface area (TPSA) is 29.1 Å². The first-order chi connectivity index (χ1) is 10.2. The summed E-state index contributed by atoms with van der Waals surface area (Å²) < 4.78 is 51.1. The molecule has 1 N–H and O–H groups in total. The number of nitrogens with one attached hydrogen (secondary N) is 1. The molecule has 22 heavy (non-hydrogen) atoms. The van der Waals surface area contributed by atoms with Crippen molar-refractivity contribution in [3.63, 3.8) is 0 Å².